The summed E-state index contributed by atoms with van der Waals surface area (Å²) in [6.07, 6.45) is -6.46. The molecule has 1 heterocycles. The van der Waals surface area contributed by atoms with E-state index in [4.69, 9.17) is 5.73 Å². The zero-order valence-electron chi connectivity index (χ0n) is 11.6. The molecule has 1 aromatic rings. The highest BCUT2D eigenvalue weighted by molar-refractivity contribution is 5.93. The number of ether oxygens (including phenoxy) is 2. The monoisotopic (exact) mass is 359 g/mol. The van der Waals surface area contributed by atoms with Crippen LogP contribution in [0.25, 0.3) is 0 Å². The molecule has 0 spiro atoms. The SMILES string of the molecule is NCC(=O)NC(=O)Oc1nccc(OCC(F)(F)C(F)(F)F)c1O. The van der Waals surface area contributed by atoms with Gasteiger partial charge in [0.15, 0.2) is 12.4 Å². The normalized spacial score (nSPS) is 11.8. The first-order valence-electron chi connectivity index (χ1n) is 5.95. The Morgan fingerprint density at radius 3 is 2.46 bits per heavy atom. The molecular formula is C11H10F5N3O5. The largest absolute Gasteiger partial charge is 0.501 e. The Kier molecular flexibility index (Phi) is 5.84. The van der Waals surface area contributed by atoms with E-state index in [1.165, 1.54) is 0 Å². The number of halogens is 5. The number of nitrogens with zero attached hydrogens (tertiary/aromatic N) is 1. The van der Waals surface area contributed by atoms with Crippen LogP contribution in [-0.4, -0.2) is 47.3 Å². The third kappa shape index (κ3) is 4.91. The molecule has 0 saturated carbocycles. The maximum absolute atomic E-state index is 12.7. The van der Waals surface area contributed by atoms with E-state index in [-0.39, 0.29) is 0 Å². The molecule has 0 aromatic carbocycles. The van der Waals surface area contributed by atoms with Gasteiger partial charge in [-0.15, -0.1) is 0 Å². The molecule has 1 aromatic heterocycles. The Balaban J connectivity index is 2.82. The molecule has 0 unspecified atom stereocenters. The summed E-state index contributed by atoms with van der Waals surface area (Å²) in [7, 11) is 0. The molecule has 2 amide bonds. The number of nitrogens with one attached hydrogen (secondary N) is 1. The van der Waals surface area contributed by atoms with Gasteiger partial charge in [0.2, 0.25) is 11.7 Å². The summed E-state index contributed by atoms with van der Waals surface area (Å²) >= 11 is 0. The zero-order valence-corrected chi connectivity index (χ0v) is 11.6. The number of amides is 2. The van der Waals surface area contributed by atoms with Gasteiger partial charge in [-0.05, 0) is 0 Å². The molecule has 13 heteroatoms. The van der Waals surface area contributed by atoms with Gasteiger partial charge in [0.25, 0.3) is 5.88 Å². The van der Waals surface area contributed by atoms with Crippen molar-refractivity contribution in [2.45, 2.75) is 12.1 Å². The van der Waals surface area contributed by atoms with Crippen molar-refractivity contribution in [3.8, 4) is 17.4 Å². The molecule has 24 heavy (non-hydrogen) atoms. The van der Waals surface area contributed by atoms with Crippen LogP contribution in [0.15, 0.2) is 12.3 Å². The second kappa shape index (κ2) is 7.25. The van der Waals surface area contributed by atoms with Crippen LogP contribution in [-0.2, 0) is 4.79 Å². The highest BCUT2D eigenvalue weighted by Crippen LogP contribution is 2.38. The Bertz CT molecular complexity index is 623. The summed E-state index contributed by atoms with van der Waals surface area (Å²) in [5.74, 6) is -8.95. The van der Waals surface area contributed by atoms with Crippen LogP contribution in [0.1, 0.15) is 0 Å². The summed E-state index contributed by atoms with van der Waals surface area (Å²) in [5, 5.41) is 11.2. The van der Waals surface area contributed by atoms with Crippen molar-refractivity contribution in [2.24, 2.45) is 5.73 Å². The number of alkyl halides is 5. The van der Waals surface area contributed by atoms with E-state index in [0.717, 1.165) is 12.3 Å². The van der Waals surface area contributed by atoms with Crippen LogP contribution in [0.3, 0.4) is 0 Å². The molecule has 0 aliphatic rings. The zero-order chi connectivity index (χ0) is 18.5. The Morgan fingerprint density at radius 2 is 1.92 bits per heavy atom. The molecule has 134 valence electrons. The molecule has 0 fully saturated rings. The third-order valence-corrected chi connectivity index (χ3v) is 2.29. The number of pyridine rings is 1. The van der Waals surface area contributed by atoms with Crippen molar-refractivity contribution in [2.75, 3.05) is 13.2 Å². The van der Waals surface area contributed by atoms with Gasteiger partial charge in [-0.3, -0.25) is 10.1 Å². The highest BCUT2D eigenvalue weighted by Gasteiger charge is 2.58. The molecule has 0 atom stereocenters. The van der Waals surface area contributed by atoms with Gasteiger partial charge in [0, 0.05) is 12.3 Å². The second-order valence-electron chi connectivity index (χ2n) is 4.10. The van der Waals surface area contributed by atoms with E-state index < -0.39 is 54.6 Å². The maximum atomic E-state index is 12.7. The van der Waals surface area contributed by atoms with Crippen LogP contribution in [0.4, 0.5) is 26.7 Å². The number of carbonyl (C=O) groups excluding carboxylic acids is 2. The van der Waals surface area contributed by atoms with E-state index >= 15 is 0 Å². The van der Waals surface area contributed by atoms with Gasteiger partial charge in [-0.25, -0.2) is 9.78 Å². The van der Waals surface area contributed by atoms with Crippen LogP contribution in [0, 0.1) is 0 Å². The fraction of sp³-hybridized carbons (Fsp3) is 0.364. The van der Waals surface area contributed by atoms with Crippen molar-refractivity contribution in [1.82, 2.24) is 10.3 Å². The van der Waals surface area contributed by atoms with E-state index in [9.17, 15) is 36.6 Å². The van der Waals surface area contributed by atoms with Gasteiger partial charge in [-0.2, -0.15) is 22.0 Å². The van der Waals surface area contributed by atoms with Crippen LogP contribution >= 0.6 is 0 Å². The highest BCUT2D eigenvalue weighted by atomic mass is 19.4. The summed E-state index contributed by atoms with van der Waals surface area (Å²) in [6, 6.07) is 0.761. The summed E-state index contributed by atoms with van der Waals surface area (Å²) in [4.78, 5) is 25.4. The van der Waals surface area contributed by atoms with Crippen LogP contribution < -0.4 is 20.5 Å². The predicted molar refractivity (Wildman–Crippen MR) is 65.6 cm³/mol. The van der Waals surface area contributed by atoms with Gasteiger partial charge in [0.1, 0.15) is 0 Å². The van der Waals surface area contributed by atoms with Gasteiger partial charge in [0.05, 0.1) is 6.54 Å². The molecule has 0 aliphatic heterocycles. The molecule has 0 aliphatic carbocycles. The number of imide groups is 1. The van der Waals surface area contributed by atoms with Crippen molar-refractivity contribution in [3.05, 3.63) is 12.3 Å². The van der Waals surface area contributed by atoms with Gasteiger partial charge in [-0.1, -0.05) is 0 Å². The van der Waals surface area contributed by atoms with Gasteiger partial charge >= 0.3 is 18.2 Å². The Morgan fingerprint density at radius 1 is 1.29 bits per heavy atom. The molecule has 8 nitrogen and oxygen atoms in total. The fourth-order valence-electron chi connectivity index (χ4n) is 1.14. The first kappa shape index (κ1) is 19.3. The average Bonchev–Trinajstić information content (AvgIpc) is 2.46. The topological polar surface area (TPSA) is 124 Å². The number of hydrogen-bond donors (Lipinski definition) is 3. The number of rotatable bonds is 5. The lowest BCUT2D eigenvalue weighted by molar-refractivity contribution is -0.290. The molecule has 0 bridgehead atoms. The lowest BCUT2D eigenvalue weighted by atomic mass is 10.3. The van der Waals surface area contributed by atoms with E-state index in [2.05, 4.69) is 14.5 Å². The number of hydrogen-bond acceptors (Lipinski definition) is 7. The minimum atomic E-state index is -5.85. The molecule has 0 saturated heterocycles. The standard InChI is InChI=1S/C11H10F5N3O5/c12-10(13,11(14,15)16)4-23-5-1-2-18-8(7(5)21)24-9(22)19-6(20)3-17/h1-2,21H,3-4,17H2,(H,19,20,22). The van der Waals surface area contributed by atoms with Crippen molar-refractivity contribution >= 4 is 12.0 Å². The Labute approximate surface area is 130 Å². The van der Waals surface area contributed by atoms with E-state index in [0.29, 0.717) is 0 Å². The smallest absolute Gasteiger partial charge is 0.456 e. The number of nitrogens with two attached hydrogens (primary N) is 1. The minimum absolute atomic E-state index is 0.551. The number of aromatic nitrogens is 1. The van der Waals surface area contributed by atoms with Crippen molar-refractivity contribution in [1.29, 1.82) is 0 Å². The summed E-state index contributed by atoms with van der Waals surface area (Å²) < 4.78 is 70.1. The van der Waals surface area contributed by atoms with Crippen molar-refractivity contribution in [3.63, 3.8) is 0 Å². The molecular weight excluding hydrogens is 349 g/mol. The lowest BCUT2D eigenvalue weighted by Crippen LogP contribution is -2.41. The Hall–Kier alpha value is -2.70. The van der Waals surface area contributed by atoms with E-state index in [1.807, 2.05) is 0 Å². The van der Waals surface area contributed by atoms with Crippen LogP contribution in [0.5, 0.6) is 17.4 Å². The second-order valence-corrected chi connectivity index (χ2v) is 4.10. The first-order valence-corrected chi connectivity index (χ1v) is 5.95. The van der Waals surface area contributed by atoms with Crippen LogP contribution in [0.2, 0.25) is 0 Å². The third-order valence-electron chi connectivity index (χ3n) is 2.29. The van der Waals surface area contributed by atoms with Crippen molar-refractivity contribution < 1.29 is 46.1 Å². The van der Waals surface area contributed by atoms with E-state index in [1.54, 1.807) is 5.32 Å². The average molecular weight is 359 g/mol. The molecule has 1 rings (SSSR count). The van der Waals surface area contributed by atoms with Gasteiger partial charge < -0.3 is 20.3 Å². The lowest BCUT2D eigenvalue weighted by Gasteiger charge is -2.20. The number of carbonyl (C=O) groups is 2. The molecule has 0 radical (unpaired) electrons. The quantitative estimate of drug-likeness (QED) is 0.668. The number of aromatic hydroxyl groups is 1. The fourth-order valence-corrected chi connectivity index (χ4v) is 1.14. The summed E-state index contributed by atoms with van der Waals surface area (Å²) in [5.41, 5.74) is 4.92. The predicted octanol–water partition coefficient (Wildman–Crippen LogP) is 0.937. The minimum Gasteiger partial charge on any atom is -0.501 e. The molecule has 4 N–H and O–H groups in total. The summed E-state index contributed by atoms with van der Waals surface area (Å²) in [6.45, 7) is -2.67. The first-order chi connectivity index (χ1) is 11.0. The maximum Gasteiger partial charge on any atom is 0.456 e.